The largest absolute Gasteiger partial charge is 0.359 e. The highest BCUT2D eigenvalue weighted by Gasteiger charge is 2.25. The molecule has 1 unspecified atom stereocenters. The molecule has 7 nitrogen and oxygen atoms in total. The summed E-state index contributed by atoms with van der Waals surface area (Å²) in [5.74, 6) is 2.06. The van der Waals surface area contributed by atoms with Gasteiger partial charge in [0.15, 0.2) is 11.7 Å². The third-order valence-electron chi connectivity index (χ3n) is 4.01. The van der Waals surface area contributed by atoms with Crippen molar-refractivity contribution in [3.05, 3.63) is 17.5 Å². The molecule has 0 radical (unpaired) electrons. The van der Waals surface area contributed by atoms with Crippen LogP contribution < -0.4 is 10.6 Å². The highest BCUT2D eigenvalue weighted by molar-refractivity contribution is 5.80. The van der Waals surface area contributed by atoms with Crippen LogP contribution in [-0.4, -0.2) is 48.1 Å². The number of guanidine groups is 1. The Morgan fingerprint density at radius 2 is 2.35 bits per heavy atom. The minimum Gasteiger partial charge on any atom is -0.359 e. The van der Waals surface area contributed by atoms with Crippen LogP contribution in [0, 0.1) is 0 Å². The molecular weight excluding hydrogens is 294 g/mol. The summed E-state index contributed by atoms with van der Waals surface area (Å²) in [5.41, 5.74) is 0.953. The van der Waals surface area contributed by atoms with Crippen LogP contribution in [0.25, 0.3) is 0 Å². The summed E-state index contributed by atoms with van der Waals surface area (Å²) in [6.07, 6.45) is 1.50. The summed E-state index contributed by atoms with van der Waals surface area (Å²) < 4.78 is 5.31. The second-order valence-electron chi connectivity index (χ2n) is 6.12. The van der Waals surface area contributed by atoms with Gasteiger partial charge in [0.05, 0.1) is 12.2 Å². The van der Waals surface area contributed by atoms with Crippen molar-refractivity contribution in [2.45, 2.75) is 52.1 Å². The molecule has 1 amide bonds. The first-order valence-corrected chi connectivity index (χ1v) is 8.23. The minimum absolute atomic E-state index is 0.208. The van der Waals surface area contributed by atoms with E-state index in [1.54, 1.807) is 7.05 Å². The van der Waals surface area contributed by atoms with Gasteiger partial charge in [-0.15, -0.1) is 0 Å². The Kier molecular flexibility index (Phi) is 6.01. The fourth-order valence-electron chi connectivity index (χ4n) is 2.57. The molecule has 2 rings (SSSR count). The van der Waals surface area contributed by atoms with E-state index in [-0.39, 0.29) is 11.9 Å². The molecule has 1 saturated heterocycles. The summed E-state index contributed by atoms with van der Waals surface area (Å²) in [6.45, 7) is 8.13. The predicted octanol–water partition coefficient (Wildman–Crippen LogP) is 1.47. The zero-order valence-corrected chi connectivity index (χ0v) is 14.4. The summed E-state index contributed by atoms with van der Waals surface area (Å²) >= 11 is 0. The van der Waals surface area contributed by atoms with Crippen molar-refractivity contribution in [3.63, 3.8) is 0 Å². The molecule has 1 aromatic heterocycles. The number of amides is 1. The molecular formula is C16H27N5O2. The molecule has 0 aliphatic carbocycles. The summed E-state index contributed by atoms with van der Waals surface area (Å²) in [7, 11) is 1.74. The van der Waals surface area contributed by atoms with Gasteiger partial charge in [0.2, 0.25) is 5.91 Å². The van der Waals surface area contributed by atoms with Crippen LogP contribution in [-0.2, 0) is 11.3 Å². The molecule has 1 fully saturated rings. The zero-order valence-electron chi connectivity index (χ0n) is 14.4. The number of carbonyl (C=O) groups is 1. The SMILES string of the molecule is CCC(=O)N1CCC(NC(=NC)NCc2cc(C(C)C)no2)C1. The fraction of sp³-hybridized carbons (Fsp3) is 0.688. The van der Waals surface area contributed by atoms with Crippen molar-refractivity contribution in [2.24, 2.45) is 4.99 Å². The Labute approximate surface area is 137 Å². The van der Waals surface area contributed by atoms with E-state index in [2.05, 4.69) is 34.6 Å². The minimum atomic E-state index is 0.208. The maximum absolute atomic E-state index is 11.7. The van der Waals surface area contributed by atoms with Crippen LogP contribution in [0.4, 0.5) is 0 Å². The Bertz CT molecular complexity index is 552. The number of nitrogens with zero attached hydrogens (tertiary/aromatic N) is 3. The first-order valence-electron chi connectivity index (χ1n) is 8.23. The summed E-state index contributed by atoms with van der Waals surface area (Å²) in [4.78, 5) is 17.8. The van der Waals surface area contributed by atoms with Gasteiger partial charge in [-0.2, -0.15) is 0 Å². The number of carbonyl (C=O) groups excluding carboxylic acids is 1. The molecule has 2 N–H and O–H groups in total. The van der Waals surface area contributed by atoms with Gasteiger partial charge < -0.3 is 20.1 Å². The van der Waals surface area contributed by atoms with Crippen molar-refractivity contribution in [2.75, 3.05) is 20.1 Å². The van der Waals surface area contributed by atoms with Gasteiger partial charge >= 0.3 is 0 Å². The molecule has 0 spiro atoms. The molecule has 7 heteroatoms. The lowest BCUT2D eigenvalue weighted by Gasteiger charge is -2.18. The molecule has 0 aromatic carbocycles. The molecule has 1 aliphatic heterocycles. The van der Waals surface area contributed by atoms with Crippen molar-refractivity contribution in [3.8, 4) is 0 Å². The highest BCUT2D eigenvalue weighted by Crippen LogP contribution is 2.14. The first kappa shape index (κ1) is 17.3. The number of aliphatic imine (C=N–C) groups is 1. The van der Waals surface area contributed by atoms with Crippen LogP contribution in [0.15, 0.2) is 15.6 Å². The van der Waals surface area contributed by atoms with Gasteiger partial charge in [0, 0.05) is 38.7 Å². The number of likely N-dealkylation sites (tertiary alicyclic amines) is 1. The third kappa shape index (κ3) is 4.71. The van der Waals surface area contributed by atoms with E-state index >= 15 is 0 Å². The number of hydrogen-bond donors (Lipinski definition) is 2. The van der Waals surface area contributed by atoms with E-state index in [4.69, 9.17) is 4.52 Å². The van der Waals surface area contributed by atoms with Gasteiger partial charge in [0.25, 0.3) is 0 Å². The predicted molar refractivity (Wildman–Crippen MR) is 89.2 cm³/mol. The highest BCUT2D eigenvalue weighted by atomic mass is 16.5. The molecule has 1 aliphatic rings. The quantitative estimate of drug-likeness (QED) is 0.634. The Morgan fingerprint density at radius 1 is 1.57 bits per heavy atom. The monoisotopic (exact) mass is 321 g/mol. The van der Waals surface area contributed by atoms with E-state index in [1.165, 1.54) is 0 Å². The molecule has 1 atom stereocenters. The van der Waals surface area contributed by atoms with Gasteiger partial charge in [-0.1, -0.05) is 25.9 Å². The van der Waals surface area contributed by atoms with Crippen LogP contribution >= 0.6 is 0 Å². The van der Waals surface area contributed by atoms with E-state index in [0.29, 0.717) is 24.8 Å². The Balaban J connectivity index is 1.81. The van der Waals surface area contributed by atoms with Crippen molar-refractivity contribution in [1.29, 1.82) is 0 Å². The first-order chi connectivity index (χ1) is 11.0. The second kappa shape index (κ2) is 7.99. The lowest BCUT2D eigenvalue weighted by Crippen LogP contribution is -2.44. The number of rotatable bonds is 5. The van der Waals surface area contributed by atoms with Crippen LogP contribution in [0.2, 0.25) is 0 Å². The van der Waals surface area contributed by atoms with E-state index in [1.807, 2.05) is 17.9 Å². The van der Waals surface area contributed by atoms with Gasteiger partial charge in [-0.05, 0) is 12.3 Å². The average molecular weight is 321 g/mol. The third-order valence-corrected chi connectivity index (χ3v) is 4.01. The Hall–Kier alpha value is -2.05. The molecule has 23 heavy (non-hydrogen) atoms. The van der Waals surface area contributed by atoms with Gasteiger partial charge in [0.1, 0.15) is 0 Å². The molecule has 2 heterocycles. The average Bonchev–Trinajstić information content (AvgIpc) is 3.19. The molecule has 128 valence electrons. The van der Waals surface area contributed by atoms with E-state index < -0.39 is 0 Å². The van der Waals surface area contributed by atoms with E-state index in [0.717, 1.165) is 31.0 Å². The number of hydrogen-bond acceptors (Lipinski definition) is 4. The van der Waals surface area contributed by atoms with Crippen molar-refractivity contribution < 1.29 is 9.32 Å². The maximum atomic E-state index is 11.7. The summed E-state index contributed by atoms with van der Waals surface area (Å²) in [6, 6.07) is 2.19. The lowest BCUT2D eigenvalue weighted by molar-refractivity contribution is -0.129. The number of nitrogens with one attached hydrogen (secondary N) is 2. The standard InChI is InChI=1S/C16H27N5O2/c1-5-15(22)21-7-6-12(10-21)19-16(17-4)18-9-13-8-14(11(2)3)20-23-13/h8,11-12H,5-7,9-10H2,1-4H3,(H2,17,18,19). The van der Waals surface area contributed by atoms with Gasteiger partial charge in [-0.25, -0.2) is 0 Å². The fourth-order valence-corrected chi connectivity index (χ4v) is 2.57. The van der Waals surface area contributed by atoms with Crippen LogP contribution in [0.3, 0.4) is 0 Å². The van der Waals surface area contributed by atoms with Crippen molar-refractivity contribution >= 4 is 11.9 Å². The van der Waals surface area contributed by atoms with Crippen LogP contribution in [0.5, 0.6) is 0 Å². The lowest BCUT2D eigenvalue weighted by atomic mass is 10.1. The molecule has 0 saturated carbocycles. The topological polar surface area (TPSA) is 82.8 Å². The Morgan fingerprint density at radius 3 is 2.96 bits per heavy atom. The normalized spacial score (nSPS) is 18.6. The van der Waals surface area contributed by atoms with E-state index in [9.17, 15) is 4.79 Å². The van der Waals surface area contributed by atoms with Crippen LogP contribution in [0.1, 0.15) is 51.0 Å². The van der Waals surface area contributed by atoms with Crippen molar-refractivity contribution in [1.82, 2.24) is 20.7 Å². The maximum Gasteiger partial charge on any atom is 0.222 e. The smallest absolute Gasteiger partial charge is 0.222 e. The zero-order chi connectivity index (χ0) is 16.8. The summed E-state index contributed by atoms with van der Waals surface area (Å²) in [5, 5.41) is 10.6. The van der Waals surface area contributed by atoms with Gasteiger partial charge in [-0.3, -0.25) is 9.79 Å². The molecule has 1 aromatic rings. The second-order valence-corrected chi connectivity index (χ2v) is 6.12. The number of aromatic nitrogens is 1. The molecule has 0 bridgehead atoms.